The summed E-state index contributed by atoms with van der Waals surface area (Å²) in [5, 5.41) is 13.0. The number of hydrogen-bond acceptors (Lipinski definition) is 3. The molecule has 1 saturated heterocycles. The molecule has 2 heterocycles. The molecule has 2 aliphatic rings. The zero-order valence-corrected chi connectivity index (χ0v) is 11.6. The Kier molecular flexibility index (Phi) is 3.15. The third-order valence-corrected chi connectivity index (χ3v) is 4.43. The maximum Gasteiger partial charge on any atom is 0.257 e. The highest BCUT2D eigenvalue weighted by Crippen LogP contribution is 2.40. The van der Waals surface area contributed by atoms with Gasteiger partial charge in [0, 0.05) is 24.3 Å². The molecule has 3 rings (SSSR count). The van der Waals surface area contributed by atoms with E-state index in [0.717, 1.165) is 18.8 Å². The lowest BCUT2D eigenvalue weighted by Gasteiger charge is -2.21. The number of aliphatic hydroxyl groups excluding tert-OH is 1. The van der Waals surface area contributed by atoms with Gasteiger partial charge in [-0.1, -0.05) is 24.9 Å². The average Bonchev–Trinajstić information content (AvgIpc) is 2.96. The number of hydrogen-bond donors (Lipinski definition) is 2. The third-order valence-electron chi connectivity index (χ3n) is 4.12. The van der Waals surface area contributed by atoms with Gasteiger partial charge in [0.05, 0.1) is 10.7 Å². The molecule has 1 aromatic carbocycles. The van der Waals surface area contributed by atoms with Gasteiger partial charge in [-0.2, -0.15) is 0 Å². The number of amides is 1. The van der Waals surface area contributed by atoms with Crippen LogP contribution in [0.15, 0.2) is 12.1 Å². The Bertz CT molecular complexity index is 532. The van der Waals surface area contributed by atoms with E-state index in [0.29, 0.717) is 22.2 Å². The van der Waals surface area contributed by atoms with Gasteiger partial charge in [0.1, 0.15) is 0 Å². The first-order chi connectivity index (χ1) is 9.10. The minimum atomic E-state index is -1.09. The second-order valence-corrected chi connectivity index (χ2v) is 5.70. The van der Waals surface area contributed by atoms with Crippen LogP contribution in [-0.2, 0) is 4.79 Å². The number of benzene rings is 1. The van der Waals surface area contributed by atoms with Crippen molar-refractivity contribution in [2.75, 3.05) is 23.3 Å². The molecule has 19 heavy (non-hydrogen) atoms. The zero-order chi connectivity index (χ0) is 13.6. The molecule has 2 atom stereocenters. The Morgan fingerprint density at radius 2 is 2.32 bits per heavy atom. The van der Waals surface area contributed by atoms with Crippen LogP contribution in [-0.4, -0.2) is 24.1 Å². The number of nitrogens with one attached hydrogen (secondary N) is 1. The van der Waals surface area contributed by atoms with Crippen LogP contribution in [0.1, 0.15) is 31.4 Å². The molecule has 0 spiro atoms. The summed E-state index contributed by atoms with van der Waals surface area (Å²) in [7, 11) is 0. The third kappa shape index (κ3) is 2.09. The van der Waals surface area contributed by atoms with Gasteiger partial charge in [0.2, 0.25) is 0 Å². The summed E-state index contributed by atoms with van der Waals surface area (Å²) < 4.78 is 0. The predicted octanol–water partition coefficient (Wildman–Crippen LogP) is 2.56. The van der Waals surface area contributed by atoms with E-state index in [2.05, 4.69) is 17.1 Å². The van der Waals surface area contributed by atoms with Crippen LogP contribution < -0.4 is 10.2 Å². The Hall–Kier alpha value is -1.26. The number of halogens is 1. The molecule has 4 nitrogen and oxygen atoms in total. The monoisotopic (exact) mass is 280 g/mol. The van der Waals surface area contributed by atoms with Crippen molar-refractivity contribution >= 4 is 28.9 Å². The average molecular weight is 281 g/mol. The highest BCUT2D eigenvalue weighted by atomic mass is 35.5. The first-order valence-corrected chi connectivity index (χ1v) is 7.05. The van der Waals surface area contributed by atoms with Gasteiger partial charge < -0.3 is 15.3 Å². The summed E-state index contributed by atoms with van der Waals surface area (Å²) >= 11 is 6.30. The number of carbonyl (C=O) groups is 1. The second-order valence-electron chi connectivity index (χ2n) is 5.29. The van der Waals surface area contributed by atoms with E-state index >= 15 is 0 Å². The minimum Gasteiger partial charge on any atom is -0.378 e. The van der Waals surface area contributed by atoms with Crippen LogP contribution in [0.25, 0.3) is 0 Å². The minimum absolute atomic E-state index is 0.379. The quantitative estimate of drug-likeness (QED) is 0.875. The zero-order valence-electron chi connectivity index (χ0n) is 10.8. The predicted molar refractivity (Wildman–Crippen MR) is 75.7 cm³/mol. The Balaban J connectivity index is 1.92. The molecule has 0 aliphatic carbocycles. The van der Waals surface area contributed by atoms with E-state index in [1.165, 1.54) is 12.8 Å². The van der Waals surface area contributed by atoms with Crippen molar-refractivity contribution in [3.8, 4) is 0 Å². The second kappa shape index (κ2) is 4.69. The largest absolute Gasteiger partial charge is 0.378 e. The standard InChI is InChI=1S/C14H17ClN2O2/c1-2-8-3-4-17(7-8)12-6-11-9(5-10(12)15)13(18)14(19)16-11/h5-6,8,13,18H,2-4,7H2,1H3,(H,16,19). The normalized spacial score (nSPS) is 25.6. The molecular formula is C14H17ClN2O2. The van der Waals surface area contributed by atoms with Gasteiger partial charge in [0.25, 0.3) is 5.91 Å². The molecule has 2 N–H and O–H groups in total. The van der Waals surface area contributed by atoms with Crippen LogP contribution in [0, 0.1) is 5.92 Å². The van der Waals surface area contributed by atoms with Crippen LogP contribution in [0.4, 0.5) is 11.4 Å². The number of carbonyl (C=O) groups excluding carboxylic acids is 1. The summed E-state index contributed by atoms with van der Waals surface area (Å²) in [5.74, 6) is 0.334. The maximum atomic E-state index is 11.5. The molecule has 1 amide bonds. The van der Waals surface area contributed by atoms with E-state index in [-0.39, 0.29) is 5.91 Å². The van der Waals surface area contributed by atoms with Gasteiger partial charge >= 0.3 is 0 Å². The SMILES string of the molecule is CCC1CCN(c2cc3c(cc2Cl)C(O)C(=O)N3)C1. The summed E-state index contributed by atoms with van der Waals surface area (Å²) in [4.78, 5) is 13.7. The molecule has 0 saturated carbocycles. The van der Waals surface area contributed by atoms with E-state index in [1.807, 2.05) is 6.07 Å². The van der Waals surface area contributed by atoms with Crippen molar-refractivity contribution in [3.05, 3.63) is 22.7 Å². The Labute approximate surface area is 117 Å². The fourth-order valence-corrected chi connectivity index (χ4v) is 3.17. The molecule has 2 unspecified atom stereocenters. The van der Waals surface area contributed by atoms with Gasteiger partial charge in [-0.3, -0.25) is 4.79 Å². The van der Waals surface area contributed by atoms with Crippen molar-refractivity contribution in [1.82, 2.24) is 0 Å². The Morgan fingerprint density at radius 1 is 1.53 bits per heavy atom. The first kappa shape index (κ1) is 12.8. The lowest BCUT2D eigenvalue weighted by Crippen LogP contribution is -2.20. The Morgan fingerprint density at radius 3 is 3.00 bits per heavy atom. The van der Waals surface area contributed by atoms with Crippen molar-refractivity contribution in [2.45, 2.75) is 25.9 Å². The van der Waals surface area contributed by atoms with Crippen molar-refractivity contribution in [2.24, 2.45) is 5.92 Å². The molecular weight excluding hydrogens is 264 g/mol. The topological polar surface area (TPSA) is 52.6 Å². The van der Waals surface area contributed by atoms with Crippen molar-refractivity contribution in [3.63, 3.8) is 0 Å². The maximum absolute atomic E-state index is 11.5. The fraction of sp³-hybridized carbons (Fsp3) is 0.500. The van der Waals surface area contributed by atoms with E-state index in [9.17, 15) is 9.90 Å². The van der Waals surface area contributed by atoms with Gasteiger partial charge in [-0.05, 0) is 24.5 Å². The molecule has 0 radical (unpaired) electrons. The van der Waals surface area contributed by atoms with Crippen LogP contribution in [0.5, 0.6) is 0 Å². The molecule has 1 fully saturated rings. The summed E-state index contributed by atoms with van der Waals surface area (Å²) in [6.07, 6.45) is 1.26. The summed E-state index contributed by atoms with van der Waals surface area (Å²) in [5.41, 5.74) is 2.20. The molecule has 0 aromatic heterocycles. The van der Waals surface area contributed by atoms with Crippen molar-refractivity contribution < 1.29 is 9.90 Å². The van der Waals surface area contributed by atoms with Gasteiger partial charge in [0.15, 0.2) is 6.10 Å². The highest BCUT2D eigenvalue weighted by Gasteiger charge is 2.31. The van der Waals surface area contributed by atoms with E-state index < -0.39 is 6.10 Å². The highest BCUT2D eigenvalue weighted by molar-refractivity contribution is 6.33. The van der Waals surface area contributed by atoms with Crippen LogP contribution in [0.2, 0.25) is 5.02 Å². The molecule has 0 bridgehead atoms. The summed E-state index contributed by atoms with van der Waals surface area (Å²) in [6, 6.07) is 3.58. The molecule has 5 heteroatoms. The van der Waals surface area contributed by atoms with Crippen molar-refractivity contribution in [1.29, 1.82) is 0 Å². The van der Waals surface area contributed by atoms with E-state index in [1.54, 1.807) is 6.07 Å². The van der Waals surface area contributed by atoms with Gasteiger partial charge in [-0.15, -0.1) is 0 Å². The molecule has 2 aliphatic heterocycles. The number of aliphatic hydroxyl groups is 1. The lowest BCUT2D eigenvalue weighted by molar-refractivity contribution is -0.123. The van der Waals surface area contributed by atoms with E-state index in [4.69, 9.17) is 11.6 Å². The molecule has 1 aromatic rings. The molecule has 102 valence electrons. The fourth-order valence-electron chi connectivity index (χ4n) is 2.88. The van der Waals surface area contributed by atoms with Crippen LogP contribution >= 0.6 is 11.6 Å². The smallest absolute Gasteiger partial charge is 0.257 e. The van der Waals surface area contributed by atoms with Gasteiger partial charge in [-0.25, -0.2) is 0 Å². The van der Waals surface area contributed by atoms with Crippen LogP contribution in [0.3, 0.4) is 0 Å². The number of anilines is 2. The number of rotatable bonds is 2. The lowest BCUT2D eigenvalue weighted by atomic mass is 10.1. The number of fused-ring (bicyclic) bond motifs is 1. The number of nitrogens with zero attached hydrogens (tertiary/aromatic N) is 1. The summed E-state index contributed by atoms with van der Waals surface area (Å²) in [6.45, 7) is 4.20. The first-order valence-electron chi connectivity index (χ1n) is 6.67.